The van der Waals surface area contributed by atoms with Gasteiger partial charge in [0.2, 0.25) is 5.91 Å². The lowest BCUT2D eigenvalue weighted by Gasteiger charge is -2.35. The number of nitrogens with zero attached hydrogens (tertiary/aromatic N) is 2. The highest BCUT2D eigenvalue weighted by Crippen LogP contribution is 2.26. The Labute approximate surface area is 101 Å². The molecule has 0 spiro atoms. The molecule has 1 aromatic rings. The Bertz CT molecular complexity index is 418. The molecule has 1 aliphatic rings. The lowest BCUT2D eigenvalue weighted by atomic mass is 10.1. The van der Waals surface area contributed by atoms with Gasteiger partial charge in [-0.15, -0.1) is 0 Å². The van der Waals surface area contributed by atoms with Crippen LogP contribution in [0.3, 0.4) is 0 Å². The van der Waals surface area contributed by atoms with Crippen LogP contribution in [-0.2, 0) is 4.79 Å². The van der Waals surface area contributed by atoms with Crippen molar-refractivity contribution in [1.29, 1.82) is 0 Å². The standard InChI is InChI=1S/C13H18N2O2/c1-10(16)11-5-3-4-6-12(11)15-8-7-14(2)13(17)9-15/h3-6,10,16H,7-9H2,1-2H3. The van der Waals surface area contributed by atoms with Gasteiger partial charge in [0.25, 0.3) is 0 Å². The number of amides is 1. The highest BCUT2D eigenvalue weighted by Gasteiger charge is 2.23. The van der Waals surface area contributed by atoms with Crippen LogP contribution < -0.4 is 4.90 Å². The van der Waals surface area contributed by atoms with Crippen LogP contribution in [0.25, 0.3) is 0 Å². The van der Waals surface area contributed by atoms with E-state index in [4.69, 9.17) is 0 Å². The Kier molecular flexibility index (Phi) is 3.33. The lowest BCUT2D eigenvalue weighted by Crippen LogP contribution is -2.48. The Morgan fingerprint density at radius 2 is 2.00 bits per heavy atom. The molecule has 1 aliphatic heterocycles. The third-order valence-electron chi connectivity index (χ3n) is 3.18. The molecule has 1 N–H and O–H groups in total. The molecule has 0 aromatic heterocycles. The van der Waals surface area contributed by atoms with E-state index in [9.17, 15) is 9.90 Å². The third-order valence-corrected chi connectivity index (χ3v) is 3.18. The Morgan fingerprint density at radius 1 is 1.29 bits per heavy atom. The second-order valence-corrected chi connectivity index (χ2v) is 4.47. The summed E-state index contributed by atoms with van der Waals surface area (Å²) in [6.45, 7) is 3.68. The van der Waals surface area contributed by atoms with Gasteiger partial charge < -0.3 is 14.9 Å². The molecule has 92 valence electrons. The maximum Gasteiger partial charge on any atom is 0.241 e. The first kappa shape index (κ1) is 11.9. The number of hydrogen-bond donors (Lipinski definition) is 1. The van der Waals surface area contributed by atoms with Crippen molar-refractivity contribution < 1.29 is 9.90 Å². The van der Waals surface area contributed by atoms with Gasteiger partial charge in [-0.2, -0.15) is 0 Å². The van der Waals surface area contributed by atoms with Gasteiger partial charge in [-0.3, -0.25) is 4.79 Å². The van der Waals surface area contributed by atoms with Gasteiger partial charge in [0.05, 0.1) is 12.6 Å². The van der Waals surface area contributed by atoms with Crippen molar-refractivity contribution in [2.75, 3.05) is 31.6 Å². The molecule has 2 rings (SSSR count). The number of anilines is 1. The Balaban J connectivity index is 2.25. The third kappa shape index (κ3) is 2.42. The van der Waals surface area contributed by atoms with Crippen LogP contribution in [0.1, 0.15) is 18.6 Å². The number of rotatable bonds is 2. The molecule has 1 amide bonds. The van der Waals surface area contributed by atoms with Gasteiger partial charge in [-0.1, -0.05) is 18.2 Å². The van der Waals surface area contributed by atoms with E-state index in [1.807, 2.05) is 36.2 Å². The van der Waals surface area contributed by atoms with Crippen molar-refractivity contribution in [1.82, 2.24) is 4.90 Å². The monoisotopic (exact) mass is 234 g/mol. The second-order valence-electron chi connectivity index (χ2n) is 4.47. The number of likely N-dealkylation sites (N-methyl/N-ethyl adjacent to an activating group) is 1. The van der Waals surface area contributed by atoms with Gasteiger partial charge in [0.1, 0.15) is 0 Å². The molecule has 17 heavy (non-hydrogen) atoms. The molecule has 4 nitrogen and oxygen atoms in total. The molecular weight excluding hydrogens is 216 g/mol. The summed E-state index contributed by atoms with van der Waals surface area (Å²) in [5, 5.41) is 9.73. The summed E-state index contributed by atoms with van der Waals surface area (Å²) in [7, 11) is 1.82. The highest BCUT2D eigenvalue weighted by atomic mass is 16.3. The fourth-order valence-corrected chi connectivity index (χ4v) is 2.09. The first-order valence-electron chi connectivity index (χ1n) is 5.85. The molecule has 0 saturated carbocycles. The zero-order valence-electron chi connectivity index (χ0n) is 10.3. The predicted octanol–water partition coefficient (Wildman–Crippen LogP) is 1.02. The molecule has 1 unspecified atom stereocenters. The van der Waals surface area contributed by atoms with E-state index in [2.05, 4.69) is 0 Å². The van der Waals surface area contributed by atoms with Crippen LogP contribution in [0.5, 0.6) is 0 Å². The van der Waals surface area contributed by atoms with Gasteiger partial charge in [0.15, 0.2) is 0 Å². The number of carbonyl (C=O) groups is 1. The summed E-state index contributed by atoms with van der Waals surface area (Å²) in [5.74, 6) is 0.122. The molecule has 0 aliphatic carbocycles. The zero-order chi connectivity index (χ0) is 12.4. The smallest absolute Gasteiger partial charge is 0.241 e. The molecule has 1 heterocycles. The number of para-hydroxylation sites is 1. The van der Waals surface area contributed by atoms with Crippen molar-refractivity contribution in [2.45, 2.75) is 13.0 Å². The normalized spacial score (nSPS) is 18.4. The van der Waals surface area contributed by atoms with Crippen LogP contribution in [0.15, 0.2) is 24.3 Å². The molecule has 0 bridgehead atoms. The van der Waals surface area contributed by atoms with Gasteiger partial charge in [-0.05, 0) is 13.0 Å². The Morgan fingerprint density at radius 3 is 2.65 bits per heavy atom. The molecule has 1 fully saturated rings. The second kappa shape index (κ2) is 4.75. The van der Waals surface area contributed by atoms with Crippen molar-refractivity contribution in [3.63, 3.8) is 0 Å². The topological polar surface area (TPSA) is 43.8 Å². The summed E-state index contributed by atoms with van der Waals surface area (Å²) >= 11 is 0. The fourth-order valence-electron chi connectivity index (χ4n) is 2.09. The van der Waals surface area contributed by atoms with Gasteiger partial charge in [0, 0.05) is 31.4 Å². The first-order chi connectivity index (χ1) is 8.09. The summed E-state index contributed by atoms with van der Waals surface area (Å²) in [4.78, 5) is 15.5. The van der Waals surface area contributed by atoms with E-state index >= 15 is 0 Å². The fraction of sp³-hybridized carbons (Fsp3) is 0.462. The van der Waals surface area contributed by atoms with E-state index < -0.39 is 6.10 Å². The summed E-state index contributed by atoms with van der Waals surface area (Å²) in [6.07, 6.45) is -0.513. The predicted molar refractivity (Wildman–Crippen MR) is 66.9 cm³/mol. The first-order valence-corrected chi connectivity index (χ1v) is 5.85. The number of aliphatic hydroxyl groups excluding tert-OH is 1. The largest absolute Gasteiger partial charge is 0.389 e. The minimum Gasteiger partial charge on any atom is -0.389 e. The van der Waals surface area contributed by atoms with Crippen molar-refractivity contribution in [3.8, 4) is 0 Å². The number of benzene rings is 1. The van der Waals surface area contributed by atoms with Crippen molar-refractivity contribution in [3.05, 3.63) is 29.8 Å². The molecule has 1 atom stereocenters. The van der Waals surface area contributed by atoms with E-state index in [0.29, 0.717) is 6.54 Å². The summed E-state index contributed by atoms with van der Waals surface area (Å²) < 4.78 is 0. The number of carbonyl (C=O) groups excluding carboxylic acids is 1. The lowest BCUT2D eigenvalue weighted by molar-refractivity contribution is -0.129. The maximum atomic E-state index is 11.7. The van der Waals surface area contributed by atoms with E-state index in [0.717, 1.165) is 24.3 Å². The minimum absolute atomic E-state index is 0.122. The SMILES string of the molecule is CC(O)c1ccccc1N1CCN(C)C(=O)C1. The van der Waals surface area contributed by atoms with Crippen LogP contribution in [0.2, 0.25) is 0 Å². The van der Waals surface area contributed by atoms with E-state index in [-0.39, 0.29) is 5.91 Å². The number of piperazine rings is 1. The van der Waals surface area contributed by atoms with E-state index in [1.54, 1.807) is 11.8 Å². The molecular formula is C13H18N2O2. The summed E-state index contributed by atoms with van der Waals surface area (Å²) in [5.41, 5.74) is 1.84. The van der Waals surface area contributed by atoms with Crippen LogP contribution in [0.4, 0.5) is 5.69 Å². The summed E-state index contributed by atoms with van der Waals surface area (Å²) in [6, 6.07) is 7.71. The molecule has 0 radical (unpaired) electrons. The minimum atomic E-state index is -0.513. The molecule has 4 heteroatoms. The number of hydrogen-bond acceptors (Lipinski definition) is 3. The maximum absolute atomic E-state index is 11.7. The molecule has 1 saturated heterocycles. The van der Waals surface area contributed by atoms with Gasteiger partial charge >= 0.3 is 0 Å². The molecule has 1 aromatic carbocycles. The zero-order valence-corrected chi connectivity index (χ0v) is 10.3. The number of aliphatic hydroxyl groups is 1. The Hall–Kier alpha value is -1.55. The quantitative estimate of drug-likeness (QED) is 0.831. The average molecular weight is 234 g/mol. The van der Waals surface area contributed by atoms with Gasteiger partial charge in [-0.25, -0.2) is 0 Å². The van der Waals surface area contributed by atoms with Crippen LogP contribution >= 0.6 is 0 Å². The van der Waals surface area contributed by atoms with Crippen molar-refractivity contribution in [2.24, 2.45) is 0 Å². The van der Waals surface area contributed by atoms with E-state index in [1.165, 1.54) is 0 Å². The van der Waals surface area contributed by atoms with Crippen LogP contribution in [-0.4, -0.2) is 42.6 Å². The average Bonchev–Trinajstić information content (AvgIpc) is 2.32. The van der Waals surface area contributed by atoms with Crippen molar-refractivity contribution >= 4 is 11.6 Å². The highest BCUT2D eigenvalue weighted by molar-refractivity contribution is 5.83. The van der Waals surface area contributed by atoms with Crippen LogP contribution in [0, 0.1) is 0 Å².